The molecule has 1 heterocycles. The number of nitrogens with one attached hydrogen (secondary N) is 1. The van der Waals surface area contributed by atoms with Gasteiger partial charge in [0.1, 0.15) is 0 Å². The number of nitrogens with zero attached hydrogens (tertiary/aromatic N) is 1. The van der Waals surface area contributed by atoms with Gasteiger partial charge in [0, 0.05) is 28.7 Å². The van der Waals surface area contributed by atoms with E-state index in [9.17, 15) is 4.79 Å². The summed E-state index contributed by atoms with van der Waals surface area (Å²) < 4.78 is 0. The molecule has 0 aliphatic heterocycles. The van der Waals surface area contributed by atoms with E-state index >= 15 is 0 Å². The number of nitrogens with two attached hydrogens (primary N) is 1. The molecular weight excluding hydrogens is 306 g/mol. The summed E-state index contributed by atoms with van der Waals surface area (Å²) in [7, 11) is 0. The van der Waals surface area contributed by atoms with Crippen LogP contribution in [0.2, 0.25) is 5.02 Å². The summed E-state index contributed by atoms with van der Waals surface area (Å²) in [5, 5.41) is 3.35. The largest absolute Gasteiger partial charge is 0.397 e. The van der Waals surface area contributed by atoms with Crippen molar-refractivity contribution in [3.05, 3.63) is 47.7 Å². The lowest BCUT2D eigenvalue weighted by atomic mass is 10.2. The van der Waals surface area contributed by atoms with Gasteiger partial charge in [-0.15, -0.1) is 11.8 Å². The summed E-state index contributed by atoms with van der Waals surface area (Å²) in [6, 6.07) is 8.95. The molecule has 0 atom stereocenters. The fraction of sp³-hybridized carbons (Fsp3) is 0.200. The summed E-state index contributed by atoms with van der Waals surface area (Å²) in [4.78, 5) is 17.0. The Kier molecular flexibility index (Phi) is 5.90. The third-order valence-corrected chi connectivity index (χ3v) is 4.09. The normalized spacial score (nSPS) is 10.3. The van der Waals surface area contributed by atoms with E-state index in [1.165, 1.54) is 0 Å². The van der Waals surface area contributed by atoms with Gasteiger partial charge < -0.3 is 11.1 Å². The Morgan fingerprint density at radius 3 is 2.76 bits per heavy atom. The van der Waals surface area contributed by atoms with Gasteiger partial charge in [0.2, 0.25) is 5.91 Å². The highest BCUT2D eigenvalue weighted by molar-refractivity contribution is 7.99. The van der Waals surface area contributed by atoms with Gasteiger partial charge in [-0.1, -0.05) is 11.6 Å². The minimum Gasteiger partial charge on any atom is -0.397 e. The lowest BCUT2D eigenvalue weighted by Crippen LogP contribution is -2.12. The van der Waals surface area contributed by atoms with E-state index in [1.54, 1.807) is 42.4 Å². The minimum atomic E-state index is -0.0423. The maximum Gasteiger partial charge on any atom is 0.224 e. The van der Waals surface area contributed by atoms with Crippen molar-refractivity contribution in [1.82, 2.24) is 4.98 Å². The van der Waals surface area contributed by atoms with Crippen molar-refractivity contribution < 1.29 is 4.79 Å². The molecule has 110 valence electrons. The lowest BCUT2D eigenvalue weighted by molar-refractivity contribution is -0.116. The number of benzene rings is 1. The van der Waals surface area contributed by atoms with E-state index in [4.69, 9.17) is 17.3 Å². The molecule has 3 N–H and O–H groups in total. The van der Waals surface area contributed by atoms with Gasteiger partial charge in [-0.25, -0.2) is 0 Å². The van der Waals surface area contributed by atoms with Crippen LogP contribution in [0.1, 0.15) is 12.8 Å². The van der Waals surface area contributed by atoms with Crippen LogP contribution in [0.15, 0.2) is 47.6 Å². The summed E-state index contributed by atoms with van der Waals surface area (Å²) in [6.45, 7) is 0. The van der Waals surface area contributed by atoms with Crippen molar-refractivity contribution >= 4 is 40.6 Å². The molecule has 0 saturated heterocycles. The highest BCUT2D eigenvalue weighted by Gasteiger charge is 2.05. The second kappa shape index (κ2) is 7.90. The van der Waals surface area contributed by atoms with E-state index in [1.807, 2.05) is 12.1 Å². The van der Waals surface area contributed by atoms with Gasteiger partial charge >= 0.3 is 0 Å². The zero-order valence-electron chi connectivity index (χ0n) is 11.4. The monoisotopic (exact) mass is 321 g/mol. The van der Waals surface area contributed by atoms with Gasteiger partial charge in [0.05, 0.1) is 11.4 Å². The first-order valence-electron chi connectivity index (χ1n) is 6.53. The number of amides is 1. The molecule has 0 aliphatic rings. The van der Waals surface area contributed by atoms with Gasteiger partial charge in [-0.2, -0.15) is 0 Å². The van der Waals surface area contributed by atoms with Crippen LogP contribution in [-0.2, 0) is 4.79 Å². The topological polar surface area (TPSA) is 68.0 Å². The smallest absolute Gasteiger partial charge is 0.224 e. The number of anilines is 2. The maximum absolute atomic E-state index is 11.8. The first-order chi connectivity index (χ1) is 10.1. The fourth-order valence-corrected chi connectivity index (χ4v) is 2.74. The first-order valence-corrected chi connectivity index (χ1v) is 7.89. The zero-order chi connectivity index (χ0) is 15.1. The molecule has 6 heteroatoms. The van der Waals surface area contributed by atoms with E-state index < -0.39 is 0 Å². The van der Waals surface area contributed by atoms with Crippen molar-refractivity contribution in [2.75, 3.05) is 16.8 Å². The van der Waals surface area contributed by atoms with Gasteiger partial charge in [0.25, 0.3) is 0 Å². The van der Waals surface area contributed by atoms with E-state index in [0.29, 0.717) is 22.8 Å². The van der Waals surface area contributed by atoms with E-state index in [2.05, 4.69) is 10.3 Å². The van der Waals surface area contributed by atoms with Crippen LogP contribution in [0.25, 0.3) is 0 Å². The van der Waals surface area contributed by atoms with Crippen LogP contribution >= 0.6 is 23.4 Å². The zero-order valence-corrected chi connectivity index (χ0v) is 13.0. The number of thioether (sulfide) groups is 1. The summed E-state index contributed by atoms with van der Waals surface area (Å²) >= 11 is 7.53. The predicted molar refractivity (Wildman–Crippen MR) is 88.7 cm³/mol. The average Bonchev–Trinajstić information content (AvgIpc) is 2.48. The Hall–Kier alpha value is -1.72. The van der Waals surface area contributed by atoms with Crippen molar-refractivity contribution in [1.29, 1.82) is 0 Å². The van der Waals surface area contributed by atoms with Crippen LogP contribution in [0, 0.1) is 0 Å². The quantitative estimate of drug-likeness (QED) is 0.482. The summed E-state index contributed by atoms with van der Waals surface area (Å²) in [6.07, 6.45) is 4.78. The fourth-order valence-electron chi connectivity index (χ4n) is 1.72. The molecule has 0 bridgehead atoms. The lowest BCUT2D eigenvalue weighted by Gasteiger charge is -2.08. The average molecular weight is 322 g/mol. The number of carbonyl (C=O) groups is 1. The highest BCUT2D eigenvalue weighted by Crippen LogP contribution is 2.23. The standard InChI is InChI=1S/C15H16ClN3OS/c16-11-3-4-14(13(17)10-11)19-15(20)2-1-9-21-12-5-7-18-8-6-12/h3-8,10H,1-2,9,17H2,(H,19,20). The summed E-state index contributed by atoms with van der Waals surface area (Å²) in [5.41, 5.74) is 6.87. The Balaban J connectivity index is 1.72. The number of hydrogen-bond acceptors (Lipinski definition) is 4. The molecule has 0 fully saturated rings. The molecule has 1 aromatic heterocycles. The van der Waals surface area contributed by atoms with Crippen molar-refractivity contribution in [3.8, 4) is 0 Å². The molecule has 0 radical (unpaired) electrons. The highest BCUT2D eigenvalue weighted by atomic mass is 35.5. The molecule has 4 nitrogen and oxygen atoms in total. The third kappa shape index (κ3) is 5.28. The number of carbonyl (C=O) groups excluding carboxylic acids is 1. The summed E-state index contributed by atoms with van der Waals surface area (Å²) in [5.74, 6) is 0.840. The van der Waals surface area contributed by atoms with Gasteiger partial charge in [0.15, 0.2) is 0 Å². The SMILES string of the molecule is Nc1cc(Cl)ccc1NC(=O)CCCSc1ccncc1. The molecule has 1 aromatic carbocycles. The Morgan fingerprint density at radius 2 is 2.05 bits per heavy atom. The number of hydrogen-bond donors (Lipinski definition) is 2. The van der Waals surface area contributed by atoms with E-state index in [-0.39, 0.29) is 5.91 Å². The second-order valence-electron chi connectivity index (χ2n) is 4.41. The van der Waals surface area contributed by atoms with Crippen molar-refractivity contribution in [3.63, 3.8) is 0 Å². The van der Waals surface area contributed by atoms with Crippen molar-refractivity contribution in [2.24, 2.45) is 0 Å². The molecule has 0 saturated carbocycles. The Morgan fingerprint density at radius 1 is 1.29 bits per heavy atom. The van der Waals surface area contributed by atoms with Gasteiger partial charge in [-0.05, 0) is 42.5 Å². The molecule has 2 rings (SSSR count). The van der Waals surface area contributed by atoms with E-state index in [0.717, 1.165) is 17.1 Å². The van der Waals surface area contributed by atoms with Crippen LogP contribution in [0.4, 0.5) is 11.4 Å². The van der Waals surface area contributed by atoms with Crippen LogP contribution in [0.5, 0.6) is 0 Å². The maximum atomic E-state index is 11.8. The molecule has 21 heavy (non-hydrogen) atoms. The number of nitrogen functional groups attached to an aromatic ring is 1. The van der Waals surface area contributed by atoms with Crippen molar-refractivity contribution in [2.45, 2.75) is 17.7 Å². The van der Waals surface area contributed by atoms with Crippen LogP contribution in [-0.4, -0.2) is 16.6 Å². The number of halogens is 1. The van der Waals surface area contributed by atoms with Gasteiger partial charge in [-0.3, -0.25) is 9.78 Å². The second-order valence-corrected chi connectivity index (χ2v) is 6.02. The first kappa shape index (κ1) is 15.7. The predicted octanol–water partition coefficient (Wildman–Crippen LogP) is 3.83. The van der Waals surface area contributed by atoms with Crippen LogP contribution < -0.4 is 11.1 Å². The minimum absolute atomic E-state index is 0.0423. The Labute approximate surface area is 133 Å². The van der Waals surface area contributed by atoms with Crippen LogP contribution in [0.3, 0.4) is 0 Å². The molecule has 0 aliphatic carbocycles. The molecule has 1 amide bonds. The molecule has 0 spiro atoms. The third-order valence-electron chi connectivity index (χ3n) is 2.75. The number of aromatic nitrogens is 1. The number of pyridine rings is 1. The molecular formula is C15H16ClN3OS. The molecule has 2 aromatic rings. The Bertz CT molecular complexity index is 607. The number of rotatable bonds is 6. The molecule has 0 unspecified atom stereocenters.